The van der Waals surface area contributed by atoms with Crippen molar-refractivity contribution in [2.24, 2.45) is 0 Å². The molecule has 2 heterocycles. The van der Waals surface area contributed by atoms with Gasteiger partial charge in [0.15, 0.2) is 5.75 Å². The van der Waals surface area contributed by atoms with E-state index in [1.807, 2.05) is 0 Å². The van der Waals surface area contributed by atoms with Crippen molar-refractivity contribution in [1.82, 2.24) is 15.0 Å². The summed E-state index contributed by atoms with van der Waals surface area (Å²) in [4.78, 5) is 10.9. The summed E-state index contributed by atoms with van der Waals surface area (Å²) in [7, 11) is 1.49. The Balaban J connectivity index is 0.00000280. The number of nitrogens with zero attached hydrogens (tertiary/aromatic N) is 2. The minimum absolute atomic E-state index is 0. The van der Waals surface area contributed by atoms with E-state index < -0.39 is 29.5 Å². The minimum atomic E-state index is -4.62. The average Bonchev–Trinajstić information content (AvgIpc) is 3.05. The van der Waals surface area contributed by atoms with E-state index in [0.29, 0.717) is 17.0 Å². The van der Waals surface area contributed by atoms with Gasteiger partial charge in [-0.25, -0.2) is 0 Å². The van der Waals surface area contributed by atoms with E-state index in [1.165, 1.54) is 19.4 Å². The van der Waals surface area contributed by atoms with E-state index in [-0.39, 0.29) is 46.0 Å². The van der Waals surface area contributed by atoms with Crippen molar-refractivity contribution >= 4 is 51.8 Å². The first-order valence-electron chi connectivity index (χ1n) is 7.50. The number of ether oxygens (including phenoxy) is 2. The van der Waals surface area contributed by atoms with Crippen molar-refractivity contribution in [1.29, 1.82) is 0 Å². The average molecular weight is 427 g/mol. The van der Waals surface area contributed by atoms with E-state index in [9.17, 15) is 22.1 Å². The molecule has 0 aliphatic heterocycles. The van der Waals surface area contributed by atoms with Gasteiger partial charge in [0.1, 0.15) is 11.5 Å². The van der Waals surface area contributed by atoms with E-state index in [4.69, 9.17) is 4.74 Å². The number of benzene rings is 1. The Kier molecular flexibility index (Phi) is 7.57. The molecule has 0 saturated heterocycles. The van der Waals surface area contributed by atoms with Gasteiger partial charge in [-0.2, -0.15) is 22.5 Å². The summed E-state index contributed by atoms with van der Waals surface area (Å²) in [5.41, 5.74) is 1.05. The number of nitrogens with one attached hydrogen (secondary N) is 1. The van der Waals surface area contributed by atoms with Gasteiger partial charge in [-0.3, -0.25) is 9.97 Å². The summed E-state index contributed by atoms with van der Waals surface area (Å²) in [6, 6.07) is 6.74. The van der Waals surface area contributed by atoms with Crippen LogP contribution in [0, 0.1) is 0 Å². The first kappa shape index (κ1) is 22.8. The van der Waals surface area contributed by atoms with Gasteiger partial charge in [0.25, 0.3) is 0 Å². The number of halogens is 4. The number of hydrogen-bond donors (Lipinski definition) is 1. The quantitative estimate of drug-likeness (QED) is 0.356. The first-order valence-corrected chi connectivity index (χ1v) is 8.82. The van der Waals surface area contributed by atoms with Crippen LogP contribution in [0.25, 0.3) is 11.0 Å². The molecule has 3 aromatic rings. The zero-order valence-corrected chi connectivity index (χ0v) is 14.6. The number of aromatic nitrogens is 3. The van der Waals surface area contributed by atoms with Crippen LogP contribution in [0.2, 0.25) is 0 Å². The molecule has 28 heavy (non-hydrogen) atoms. The molecule has 2 aromatic heterocycles. The number of fused-ring (bicyclic) bond motifs is 1. The molecule has 0 fully saturated rings. The normalized spacial score (nSPS) is 12.7. The van der Waals surface area contributed by atoms with Gasteiger partial charge in [0.2, 0.25) is 0 Å². The predicted molar refractivity (Wildman–Crippen MR) is 95.7 cm³/mol. The molecule has 3 rings (SSSR count). The molecule has 0 saturated carbocycles. The second-order valence-electron chi connectivity index (χ2n) is 5.36. The number of H-pyrrole nitrogens is 1. The topological polar surface area (TPSA) is 83.1 Å². The summed E-state index contributed by atoms with van der Waals surface area (Å²) >= 11 is -1.60. The molecule has 12 heteroatoms. The van der Waals surface area contributed by atoms with E-state index in [2.05, 4.69) is 19.7 Å². The fourth-order valence-corrected chi connectivity index (χ4v) is 3.19. The molecule has 6 nitrogen and oxygen atoms in total. The number of pyridine rings is 1. The predicted octanol–water partition coefficient (Wildman–Crippen LogP) is 2.86. The Morgan fingerprint density at radius 2 is 1.96 bits per heavy atom. The Hall–Kier alpha value is -1.53. The van der Waals surface area contributed by atoms with Gasteiger partial charge < -0.3 is 14.0 Å². The molecule has 146 valence electrons. The van der Waals surface area contributed by atoms with Gasteiger partial charge in [0.05, 0.1) is 23.8 Å². The number of imidazole rings is 1. The van der Waals surface area contributed by atoms with Crippen molar-refractivity contribution in [3.05, 3.63) is 42.2 Å². The van der Waals surface area contributed by atoms with Crippen LogP contribution in [0.5, 0.6) is 11.5 Å². The summed E-state index contributed by atoms with van der Waals surface area (Å²) in [5, 5.41) is 0.0902. The number of hydrogen-bond acceptors (Lipinski definition) is 5. The van der Waals surface area contributed by atoms with Crippen molar-refractivity contribution < 1.29 is 31.6 Å². The van der Waals surface area contributed by atoms with Crippen LogP contribution >= 0.6 is 0 Å². The van der Waals surface area contributed by atoms with Crippen molar-refractivity contribution in [2.75, 3.05) is 7.11 Å². The van der Waals surface area contributed by atoms with Gasteiger partial charge in [0, 0.05) is 29.5 Å². The third kappa shape index (κ3) is 5.29. The summed E-state index contributed by atoms with van der Waals surface area (Å²) < 4.78 is 72.0. The molecule has 1 unspecified atom stereocenters. The standard InChI is InChI=1S/C16H13F4N3O3S.Na.H/c1-25-10-4-5-21-9(6-10)8-27(24)15-22-12-3-2-11(7-13(12)23-15)26-16(19,20)14(17)18;;/h2-7,14H,8H2,1H3,(H,22,23);;. The third-order valence-corrected chi connectivity index (χ3v) is 4.64. The third-order valence-electron chi connectivity index (χ3n) is 3.46. The molecular weight excluding hydrogens is 413 g/mol. The molecular formula is C16H14F4N3NaO3S. The maximum absolute atomic E-state index is 13.0. The zero-order valence-electron chi connectivity index (χ0n) is 13.8. The number of methoxy groups -OCH3 is 1. The molecule has 0 amide bonds. The molecule has 1 N–H and O–H groups in total. The summed E-state index contributed by atoms with van der Waals surface area (Å²) in [5.74, 6) is 0.124. The van der Waals surface area contributed by atoms with Crippen LogP contribution in [0.1, 0.15) is 5.69 Å². The molecule has 0 spiro atoms. The van der Waals surface area contributed by atoms with Crippen LogP contribution in [-0.2, 0) is 16.9 Å². The van der Waals surface area contributed by atoms with E-state index in [1.54, 1.807) is 12.1 Å². The fourth-order valence-electron chi connectivity index (χ4n) is 2.20. The van der Waals surface area contributed by atoms with Gasteiger partial charge in [-0.15, -0.1) is 0 Å². The second kappa shape index (κ2) is 9.31. The number of alkyl halides is 4. The first-order chi connectivity index (χ1) is 12.8. The monoisotopic (exact) mass is 427 g/mol. The van der Waals surface area contributed by atoms with Gasteiger partial charge in [-0.05, 0) is 18.2 Å². The zero-order chi connectivity index (χ0) is 19.6. The number of rotatable bonds is 7. The summed E-state index contributed by atoms with van der Waals surface area (Å²) in [6.07, 6.45) is -7.07. The van der Waals surface area contributed by atoms with Crippen molar-refractivity contribution in [3.63, 3.8) is 0 Å². The molecule has 0 bridgehead atoms. The van der Waals surface area contributed by atoms with Crippen LogP contribution in [-0.4, -0.2) is 68.7 Å². The fraction of sp³-hybridized carbons (Fsp3) is 0.250. The Morgan fingerprint density at radius 1 is 1.21 bits per heavy atom. The van der Waals surface area contributed by atoms with Gasteiger partial charge in [-0.1, -0.05) is 0 Å². The van der Waals surface area contributed by atoms with Crippen LogP contribution in [0.15, 0.2) is 41.7 Å². The molecule has 0 aliphatic carbocycles. The number of aromatic amines is 1. The van der Waals surface area contributed by atoms with Crippen LogP contribution < -0.4 is 9.47 Å². The Labute approximate surface area is 182 Å². The maximum atomic E-state index is 13.0. The van der Waals surface area contributed by atoms with Crippen LogP contribution in [0.3, 0.4) is 0 Å². The van der Waals surface area contributed by atoms with Crippen LogP contribution in [0.4, 0.5) is 17.6 Å². The molecule has 0 radical (unpaired) electrons. The Morgan fingerprint density at radius 3 is 2.64 bits per heavy atom. The van der Waals surface area contributed by atoms with Crippen molar-refractivity contribution in [2.45, 2.75) is 23.4 Å². The van der Waals surface area contributed by atoms with E-state index in [0.717, 1.165) is 12.1 Å². The second-order valence-corrected chi connectivity index (χ2v) is 6.73. The van der Waals surface area contributed by atoms with E-state index >= 15 is 0 Å². The van der Waals surface area contributed by atoms with Crippen molar-refractivity contribution in [3.8, 4) is 11.5 Å². The molecule has 1 atom stereocenters. The molecule has 1 aromatic carbocycles. The SMILES string of the molecule is COc1ccnc(C[S+]([O-])c2nc3cc(OC(F)(F)C(F)F)ccc3[nH]2)c1.[NaH]. The van der Waals surface area contributed by atoms with Gasteiger partial charge >= 0.3 is 47.2 Å². The molecule has 0 aliphatic rings. The summed E-state index contributed by atoms with van der Waals surface area (Å²) in [6.45, 7) is 0. The Bertz CT molecular complexity index is 944.